The van der Waals surface area contributed by atoms with E-state index in [1.165, 1.54) is 18.3 Å². The van der Waals surface area contributed by atoms with Crippen molar-refractivity contribution in [1.29, 1.82) is 0 Å². The lowest BCUT2D eigenvalue weighted by atomic mass is 10.0. The Morgan fingerprint density at radius 3 is 2.77 bits per heavy atom. The first-order chi connectivity index (χ1) is 16.7. The van der Waals surface area contributed by atoms with E-state index in [4.69, 9.17) is 16.3 Å². The molecule has 1 saturated heterocycles. The van der Waals surface area contributed by atoms with E-state index in [1.54, 1.807) is 11.4 Å². The molecule has 184 valence electrons. The van der Waals surface area contributed by atoms with Crippen LogP contribution in [0.1, 0.15) is 37.2 Å². The number of thiol groups is 1. The van der Waals surface area contributed by atoms with Gasteiger partial charge in [-0.25, -0.2) is 13.6 Å². The predicted molar refractivity (Wildman–Crippen MR) is 132 cm³/mol. The van der Waals surface area contributed by atoms with Gasteiger partial charge in [0.25, 0.3) is 0 Å². The molecule has 1 fully saturated rings. The first-order valence-corrected chi connectivity index (χ1v) is 12.0. The minimum atomic E-state index is -1.46. The Morgan fingerprint density at radius 1 is 1.29 bits per heavy atom. The first-order valence-electron chi connectivity index (χ1n) is 11.2. The van der Waals surface area contributed by atoms with Crippen LogP contribution in [-0.2, 0) is 5.60 Å². The van der Waals surface area contributed by atoms with Gasteiger partial charge in [0.2, 0.25) is 0 Å². The normalized spacial score (nSPS) is 17.1. The Bertz CT molecular complexity index is 1350. The van der Waals surface area contributed by atoms with Crippen LogP contribution in [0, 0.1) is 12.7 Å². The number of pyridine rings is 2. The Balaban J connectivity index is 1.46. The average Bonchev–Trinajstić information content (AvgIpc) is 3.41. The van der Waals surface area contributed by atoms with Crippen molar-refractivity contribution in [2.24, 2.45) is 0 Å². The van der Waals surface area contributed by atoms with Crippen LogP contribution in [-0.4, -0.2) is 58.7 Å². The van der Waals surface area contributed by atoms with E-state index in [1.807, 2.05) is 28.2 Å². The van der Waals surface area contributed by atoms with Gasteiger partial charge in [-0.2, -0.15) is 5.10 Å². The average molecular weight is 518 g/mol. The van der Waals surface area contributed by atoms with Gasteiger partial charge in [0.1, 0.15) is 35.0 Å². The molecule has 0 radical (unpaired) electrons. The maximum absolute atomic E-state index is 13.3. The van der Waals surface area contributed by atoms with E-state index >= 15 is 0 Å². The van der Waals surface area contributed by atoms with Crippen molar-refractivity contribution in [2.45, 2.75) is 38.3 Å². The molecule has 5 heterocycles. The van der Waals surface area contributed by atoms with Crippen molar-refractivity contribution in [3.8, 4) is 17.0 Å². The molecule has 0 aliphatic carbocycles. The summed E-state index contributed by atoms with van der Waals surface area (Å²) < 4.78 is 24.9. The molecule has 0 saturated carbocycles. The summed E-state index contributed by atoms with van der Waals surface area (Å²) in [5.41, 5.74) is 1.79. The molecule has 4 aromatic heterocycles. The van der Waals surface area contributed by atoms with E-state index < -0.39 is 11.4 Å². The van der Waals surface area contributed by atoms with Gasteiger partial charge in [-0.3, -0.25) is 9.29 Å². The van der Waals surface area contributed by atoms with E-state index in [2.05, 4.69) is 33.2 Å². The van der Waals surface area contributed by atoms with Crippen molar-refractivity contribution >= 4 is 29.9 Å². The minimum absolute atomic E-state index is 0.139. The van der Waals surface area contributed by atoms with Crippen LogP contribution in [0.3, 0.4) is 0 Å². The second kappa shape index (κ2) is 9.38. The number of halogens is 2. The number of rotatable bonds is 6. The fourth-order valence-electron chi connectivity index (χ4n) is 4.33. The molecule has 1 N–H and O–H groups in total. The fraction of sp³-hybridized carbons (Fsp3) is 0.391. The molecule has 35 heavy (non-hydrogen) atoms. The third kappa shape index (κ3) is 4.73. The highest BCUT2D eigenvalue weighted by Gasteiger charge is 2.28. The summed E-state index contributed by atoms with van der Waals surface area (Å²) in [7, 11) is 0. The SMILES string of the molecule is Cc1c(-c2cc(OC[C@@](C)(O)c3ccc(F)cn3)c3c(Cl)cnn3c2)nnn1C1CCN(S)CC1. The number of aromatic nitrogens is 6. The largest absolute Gasteiger partial charge is 0.488 e. The number of aliphatic hydroxyl groups is 1. The summed E-state index contributed by atoms with van der Waals surface area (Å²) in [5.74, 6) is -0.0600. The van der Waals surface area contributed by atoms with E-state index in [0.717, 1.165) is 43.4 Å². The van der Waals surface area contributed by atoms with Gasteiger partial charge in [0.05, 0.1) is 34.8 Å². The summed E-state index contributed by atoms with van der Waals surface area (Å²) >= 11 is 10.8. The molecule has 0 amide bonds. The molecule has 0 unspecified atom stereocenters. The van der Waals surface area contributed by atoms with Crippen LogP contribution in [0.5, 0.6) is 5.75 Å². The van der Waals surface area contributed by atoms with E-state index in [0.29, 0.717) is 22.0 Å². The highest BCUT2D eigenvalue weighted by molar-refractivity contribution is 7.77. The van der Waals surface area contributed by atoms with Crippen LogP contribution in [0.25, 0.3) is 16.8 Å². The van der Waals surface area contributed by atoms with Gasteiger partial charge in [-0.05, 0) is 44.9 Å². The molecule has 0 aromatic carbocycles. The van der Waals surface area contributed by atoms with Crippen molar-refractivity contribution < 1.29 is 14.2 Å². The molecular formula is C23H25ClFN7O2S. The molecule has 0 bridgehead atoms. The fourth-order valence-corrected chi connectivity index (χ4v) is 4.78. The molecule has 12 heteroatoms. The topological polar surface area (TPSA) is 93.6 Å². The van der Waals surface area contributed by atoms with Crippen LogP contribution >= 0.6 is 24.4 Å². The zero-order chi connectivity index (χ0) is 24.7. The van der Waals surface area contributed by atoms with Gasteiger partial charge in [-0.15, -0.1) is 5.10 Å². The number of nitrogens with zero attached hydrogens (tertiary/aromatic N) is 7. The summed E-state index contributed by atoms with van der Waals surface area (Å²) in [6.45, 7) is 5.19. The Labute approximate surface area is 212 Å². The van der Waals surface area contributed by atoms with Crippen LogP contribution in [0.15, 0.2) is 36.8 Å². The summed E-state index contributed by atoms with van der Waals surface area (Å²) in [6, 6.07) is 4.75. The predicted octanol–water partition coefficient (Wildman–Crippen LogP) is 3.86. The molecule has 1 aliphatic heterocycles. The zero-order valence-corrected chi connectivity index (χ0v) is 20.9. The number of piperidine rings is 1. The lowest BCUT2D eigenvalue weighted by molar-refractivity contribution is 0.00420. The van der Waals surface area contributed by atoms with Gasteiger partial charge in [-0.1, -0.05) is 29.6 Å². The Hall–Kier alpha value is -2.73. The maximum Gasteiger partial charge on any atom is 0.147 e. The van der Waals surface area contributed by atoms with Crippen molar-refractivity contribution in [1.82, 2.24) is 33.9 Å². The smallest absolute Gasteiger partial charge is 0.147 e. The second-order valence-corrected chi connectivity index (χ2v) is 9.93. The molecule has 0 spiro atoms. The summed E-state index contributed by atoms with van der Waals surface area (Å²) in [6.07, 6.45) is 6.31. The lowest BCUT2D eigenvalue weighted by Gasteiger charge is -2.28. The third-order valence-electron chi connectivity index (χ3n) is 6.31. The van der Waals surface area contributed by atoms with E-state index in [-0.39, 0.29) is 18.3 Å². The molecule has 4 aromatic rings. The molecular weight excluding hydrogens is 493 g/mol. The minimum Gasteiger partial charge on any atom is -0.488 e. The maximum atomic E-state index is 13.3. The second-order valence-electron chi connectivity index (χ2n) is 8.96. The van der Waals surface area contributed by atoms with E-state index in [9.17, 15) is 9.50 Å². The van der Waals surface area contributed by atoms with Crippen LogP contribution in [0.4, 0.5) is 4.39 Å². The molecule has 1 aliphatic rings. The number of hydrogen-bond donors (Lipinski definition) is 2. The van der Waals surface area contributed by atoms with Gasteiger partial charge in [0, 0.05) is 24.8 Å². The molecule has 5 rings (SSSR count). The lowest BCUT2D eigenvalue weighted by Crippen LogP contribution is -2.30. The van der Waals surface area contributed by atoms with Gasteiger partial charge < -0.3 is 9.84 Å². The summed E-state index contributed by atoms with van der Waals surface area (Å²) in [5, 5.41) is 24.6. The van der Waals surface area contributed by atoms with Crippen LogP contribution in [0.2, 0.25) is 5.02 Å². The highest BCUT2D eigenvalue weighted by atomic mass is 35.5. The monoisotopic (exact) mass is 517 g/mol. The number of hydrogen-bond acceptors (Lipinski definition) is 8. The molecule has 9 nitrogen and oxygen atoms in total. The van der Waals surface area contributed by atoms with Gasteiger partial charge >= 0.3 is 0 Å². The zero-order valence-electron chi connectivity index (χ0n) is 19.3. The first kappa shape index (κ1) is 24.0. The summed E-state index contributed by atoms with van der Waals surface area (Å²) in [4.78, 5) is 3.98. The van der Waals surface area contributed by atoms with Crippen molar-refractivity contribution in [3.05, 3.63) is 59.0 Å². The van der Waals surface area contributed by atoms with Crippen LogP contribution < -0.4 is 4.74 Å². The Kier molecular flexibility index (Phi) is 6.43. The van der Waals surface area contributed by atoms with Crippen molar-refractivity contribution in [2.75, 3.05) is 19.7 Å². The number of ether oxygens (including phenoxy) is 1. The number of fused-ring (bicyclic) bond motifs is 1. The quantitative estimate of drug-likeness (QED) is 0.375. The van der Waals surface area contributed by atoms with Gasteiger partial charge in [0.15, 0.2) is 0 Å². The Morgan fingerprint density at radius 2 is 2.06 bits per heavy atom. The standard InChI is InChI=1S/C23H25ClFN7O2S/c1-14-21(28-29-32(14)17-5-7-30(35)8-6-17)15-9-19(22-18(24)11-27-31(22)12-15)34-13-23(2,33)20-4-3-16(25)10-26-20/h3-4,9-12,17,33,35H,5-8,13H2,1-2H3/t23-/m1/s1. The highest BCUT2D eigenvalue weighted by Crippen LogP contribution is 2.35. The third-order valence-corrected chi connectivity index (χ3v) is 6.98. The van der Waals surface area contributed by atoms with Crippen molar-refractivity contribution in [3.63, 3.8) is 0 Å². The molecule has 1 atom stereocenters.